The Labute approximate surface area is 234 Å². The number of carbonyl (C=O) groups excluding carboxylic acids is 1. The SMILES string of the molecule is CC(C)(C)c1ccc([Si](OCC(COC2CCCCO2)NC(=O)OCc2ccccc2)c2ccccc2)cc1. The third kappa shape index (κ3) is 9.32. The zero-order valence-electron chi connectivity index (χ0n) is 23.2. The number of nitrogens with one attached hydrogen (secondary N) is 1. The number of alkyl carbamates (subject to hydrolysis) is 1. The molecule has 1 N–H and O–H groups in total. The summed E-state index contributed by atoms with van der Waals surface area (Å²) in [7, 11) is -1.57. The lowest BCUT2D eigenvalue weighted by atomic mass is 9.87. The van der Waals surface area contributed by atoms with E-state index in [-0.39, 0.29) is 31.5 Å². The summed E-state index contributed by atoms with van der Waals surface area (Å²) in [5.74, 6) is 0. The van der Waals surface area contributed by atoms with E-state index in [1.807, 2.05) is 48.5 Å². The van der Waals surface area contributed by atoms with Crippen LogP contribution in [0.2, 0.25) is 0 Å². The van der Waals surface area contributed by atoms with Gasteiger partial charge in [-0.3, -0.25) is 0 Å². The molecule has 1 aliphatic rings. The summed E-state index contributed by atoms with van der Waals surface area (Å²) in [6.07, 6.45) is 2.22. The zero-order valence-corrected chi connectivity index (χ0v) is 24.2. The molecule has 0 bridgehead atoms. The number of carbonyl (C=O) groups is 1. The average Bonchev–Trinajstić information content (AvgIpc) is 2.96. The summed E-state index contributed by atoms with van der Waals surface area (Å²) in [4.78, 5) is 12.7. The normalized spacial score (nSPS) is 16.6. The van der Waals surface area contributed by atoms with E-state index in [1.54, 1.807) is 0 Å². The van der Waals surface area contributed by atoms with E-state index in [0.29, 0.717) is 6.61 Å². The molecule has 1 amide bonds. The van der Waals surface area contributed by atoms with E-state index in [1.165, 1.54) is 5.56 Å². The quantitative estimate of drug-likeness (QED) is 0.345. The van der Waals surface area contributed by atoms with E-state index >= 15 is 0 Å². The van der Waals surface area contributed by atoms with Gasteiger partial charge < -0.3 is 24.0 Å². The number of benzene rings is 3. The largest absolute Gasteiger partial charge is 0.445 e. The summed E-state index contributed by atoms with van der Waals surface area (Å²) in [6.45, 7) is 8.10. The first kappa shape index (κ1) is 29.0. The predicted molar refractivity (Wildman–Crippen MR) is 156 cm³/mol. The van der Waals surface area contributed by atoms with Crippen LogP contribution in [0.5, 0.6) is 0 Å². The van der Waals surface area contributed by atoms with Gasteiger partial charge in [0.1, 0.15) is 6.61 Å². The predicted octanol–water partition coefficient (Wildman–Crippen LogP) is 4.94. The van der Waals surface area contributed by atoms with Crippen LogP contribution in [0.3, 0.4) is 0 Å². The number of hydrogen-bond acceptors (Lipinski definition) is 5. The number of rotatable bonds is 11. The maximum atomic E-state index is 12.7. The topological polar surface area (TPSA) is 66.0 Å². The molecule has 1 radical (unpaired) electrons. The van der Waals surface area contributed by atoms with Crippen LogP contribution in [-0.2, 0) is 30.7 Å². The molecular formula is C32H40NO5Si. The fourth-order valence-corrected chi connectivity index (χ4v) is 6.36. The van der Waals surface area contributed by atoms with Crippen molar-refractivity contribution in [2.45, 2.75) is 64.4 Å². The Morgan fingerprint density at radius 1 is 0.923 bits per heavy atom. The van der Waals surface area contributed by atoms with Gasteiger partial charge in [-0.05, 0) is 46.2 Å². The van der Waals surface area contributed by atoms with Crippen molar-refractivity contribution in [1.82, 2.24) is 5.32 Å². The van der Waals surface area contributed by atoms with E-state index in [4.69, 9.17) is 18.6 Å². The molecule has 1 aliphatic heterocycles. The highest BCUT2D eigenvalue weighted by molar-refractivity contribution is 6.80. The summed E-state index contributed by atoms with van der Waals surface area (Å²) in [5.41, 5.74) is 2.29. The highest BCUT2D eigenvalue weighted by Crippen LogP contribution is 2.21. The molecule has 2 atom stereocenters. The van der Waals surface area contributed by atoms with Crippen molar-refractivity contribution in [3.8, 4) is 0 Å². The molecule has 0 saturated carbocycles. The molecule has 1 fully saturated rings. The summed E-state index contributed by atoms with van der Waals surface area (Å²) < 4.78 is 23.9. The summed E-state index contributed by atoms with van der Waals surface area (Å²) in [5, 5.41) is 5.26. The van der Waals surface area contributed by atoms with Crippen LogP contribution in [0.25, 0.3) is 0 Å². The highest BCUT2D eigenvalue weighted by atomic mass is 28.3. The van der Waals surface area contributed by atoms with E-state index in [2.05, 4.69) is 62.5 Å². The van der Waals surface area contributed by atoms with E-state index < -0.39 is 21.2 Å². The Balaban J connectivity index is 1.45. The van der Waals surface area contributed by atoms with E-state index in [0.717, 1.165) is 35.2 Å². The Bertz CT molecular complexity index is 1130. The van der Waals surface area contributed by atoms with Gasteiger partial charge in [-0.1, -0.05) is 106 Å². The molecule has 207 valence electrons. The van der Waals surface area contributed by atoms with Crippen LogP contribution in [0.4, 0.5) is 4.79 Å². The maximum absolute atomic E-state index is 12.7. The Kier molecular flexibility index (Phi) is 10.7. The fraction of sp³-hybridized carbons (Fsp3) is 0.406. The molecule has 39 heavy (non-hydrogen) atoms. The van der Waals surface area contributed by atoms with Crippen molar-refractivity contribution in [3.05, 3.63) is 96.1 Å². The third-order valence-corrected chi connectivity index (χ3v) is 8.80. The molecular weight excluding hydrogens is 506 g/mol. The van der Waals surface area contributed by atoms with Gasteiger partial charge in [0.25, 0.3) is 9.04 Å². The second-order valence-corrected chi connectivity index (χ2v) is 13.0. The van der Waals surface area contributed by atoms with Crippen molar-refractivity contribution in [1.29, 1.82) is 0 Å². The average molecular weight is 547 g/mol. The van der Waals surface area contributed by atoms with Crippen molar-refractivity contribution < 1.29 is 23.4 Å². The monoisotopic (exact) mass is 546 g/mol. The van der Waals surface area contributed by atoms with E-state index in [9.17, 15) is 4.79 Å². The molecule has 1 heterocycles. The van der Waals surface area contributed by atoms with Crippen molar-refractivity contribution in [2.75, 3.05) is 19.8 Å². The molecule has 1 saturated heterocycles. The van der Waals surface area contributed by atoms with Gasteiger partial charge in [-0.25, -0.2) is 4.79 Å². The van der Waals surface area contributed by atoms with Crippen LogP contribution >= 0.6 is 0 Å². The van der Waals surface area contributed by atoms with Gasteiger partial charge in [0.05, 0.1) is 19.3 Å². The van der Waals surface area contributed by atoms with Crippen LogP contribution in [0.15, 0.2) is 84.9 Å². The minimum absolute atomic E-state index is 0.0761. The van der Waals surface area contributed by atoms with Gasteiger partial charge in [-0.2, -0.15) is 0 Å². The zero-order chi connectivity index (χ0) is 27.5. The Morgan fingerprint density at radius 3 is 2.23 bits per heavy atom. The molecule has 0 spiro atoms. The fourth-order valence-electron chi connectivity index (χ4n) is 4.36. The molecule has 6 nitrogen and oxygen atoms in total. The second kappa shape index (κ2) is 14.4. The minimum atomic E-state index is -1.57. The van der Waals surface area contributed by atoms with Crippen LogP contribution < -0.4 is 15.7 Å². The van der Waals surface area contributed by atoms with Gasteiger partial charge in [-0.15, -0.1) is 0 Å². The molecule has 3 aromatic rings. The first-order chi connectivity index (χ1) is 18.9. The number of amides is 1. The molecule has 0 aromatic heterocycles. The number of hydrogen-bond donors (Lipinski definition) is 1. The molecule has 0 aliphatic carbocycles. The van der Waals surface area contributed by atoms with Crippen molar-refractivity contribution in [2.24, 2.45) is 0 Å². The van der Waals surface area contributed by atoms with Gasteiger partial charge >= 0.3 is 6.09 Å². The number of ether oxygens (including phenoxy) is 3. The lowest BCUT2D eigenvalue weighted by molar-refractivity contribution is -0.166. The van der Waals surface area contributed by atoms with Gasteiger partial charge in [0, 0.05) is 6.61 Å². The first-order valence-electron chi connectivity index (χ1n) is 13.7. The lowest BCUT2D eigenvalue weighted by Gasteiger charge is -2.27. The minimum Gasteiger partial charge on any atom is -0.445 e. The molecule has 2 unspecified atom stereocenters. The Hall–Kier alpha value is -2.97. The smallest absolute Gasteiger partial charge is 0.407 e. The summed E-state index contributed by atoms with van der Waals surface area (Å²) in [6, 6.07) is 28.3. The van der Waals surface area contributed by atoms with Crippen molar-refractivity contribution in [3.63, 3.8) is 0 Å². The first-order valence-corrected chi connectivity index (χ1v) is 15.2. The van der Waals surface area contributed by atoms with Gasteiger partial charge in [0.15, 0.2) is 6.29 Å². The third-order valence-electron chi connectivity index (χ3n) is 6.63. The van der Waals surface area contributed by atoms with Crippen molar-refractivity contribution >= 4 is 25.5 Å². The van der Waals surface area contributed by atoms with Crippen LogP contribution in [-0.4, -0.2) is 47.3 Å². The lowest BCUT2D eigenvalue weighted by Crippen LogP contribution is -2.50. The molecule has 7 heteroatoms. The summed E-state index contributed by atoms with van der Waals surface area (Å²) >= 11 is 0. The maximum Gasteiger partial charge on any atom is 0.407 e. The second-order valence-electron chi connectivity index (χ2n) is 10.9. The molecule has 4 rings (SSSR count). The standard InChI is InChI=1S/C32H40NO5Si/c1-32(2,3)26-17-19-29(20-18-26)39(28-14-8-5-9-15-28)38-24-27(23-36-30-16-10-11-21-35-30)33-31(34)37-22-25-12-6-4-7-13-25/h4-9,12-15,17-20,27,30H,10-11,16,21-24H2,1-3H3,(H,33,34). The highest BCUT2D eigenvalue weighted by Gasteiger charge is 2.25. The molecule has 3 aromatic carbocycles. The van der Waals surface area contributed by atoms with Gasteiger partial charge in [0.2, 0.25) is 0 Å². The van der Waals surface area contributed by atoms with Crippen LogP contribution in [0.1, 0.15) is 51.2 Å². The van der Waals surface area contributed by atoms with Crippen LogP contribution in [0, 0.1) is 0 Å². The Morgan fingerprint density at radius 2 is 1.59 bits per heavy atom.